The second-order valence-electron chi connectivity index (χ2n) is 5.83. The van der Waals surface area contributed by atoms with Crippen molar-refractivity contribution in [3.8, 4) is 0 Å². The fourth-order valence-electron chi connectivity index (χ4n) is 2.74. The number of nitrogens with two attached hydrogens (primary N) is 1. The summed E-state index contributed by atoms with van der Waals surface area (Å²) in [5.74, 6) is -0.0493. The Hall–Kier alpha value is -2.25. The first kappa shape index (κ1) is 15.6. The van der Waals surface area contributed by atoms with E-state index in [0.29, 0.717) is 44.8 Å². The van der Waals surface area contributed by atoms with Gasteiger partial charge in [-0.05, 0) is 30.5 Å². The summed E-state index contributed by atoms with van der Waals surface area (Å²) in [6, 6.07) is 3.87. The maximum Gasteiger partial charge on any atom is 0.232 e. The number of nitrogens with zero attached hydrogens (tertiary/aromatic N) is 3. The summed E-state index contributed by atoms with van der Waals surface area (Å²) in [6.45, 7) is 2.11. The number of carbonyl (C=O) groups excluding carboxylic acids is 1. The summed E-state index contributed by atoms with van der Waals surface area (Å²) in [7, 11) is 0. The molecule has 3 heterocycles. The summed E-state index contributed by atoms with van der Waals surface area (Å²) >= 11 is 0. The highest BCUT2D eigenvalue weighted by molar-refractivity contribution is 5.95. The summed E-state index contributed by atoms with van der Waals surface area (Å²) in [5, 5.41) is 7.22. The minimum atomic E-state index is -0.536. The van der Waals surface area contributed by atoms with Gasteiger partial charge in [0.05, 0.1) is 23.8 Å². The molecule has 0 radical (unpaired) electrons. The molecule has 0 spiro atoms. The van der Waals surface area contributed by atoms with Gasteiger partial charge in [-0.1, -0.05) is 0 Å². The summed E-state index contributed by atoms with van der Waals surface area (Å²) < 4.78 is 7.12. The highest BCUT2D eigenvalue weighted by Crippen LogP contribution is 2.30. The fraction of sp³-hybridized carbons (Fsp3) is 0.438. The molecule has 23 heavy (non-hydrogen) atoms. The number of anilines is 1. The third-order valence-electron chi connectivity index (χ3n) is 4.31. The van der Waals surface area contributed by atoms with E-state index in [1.54, 1.807) is 23.3 Å². The molecular weight excluding hydrogens is 294 g/mol. The standard InChI is InChI=1S/C16H21N5O2/c17-12-16(3-7-23-8-4-16)15(22)20-14-9-19-21(11-14)10-13-1-5-18-6-2-13/h1-2,5-6,9,11H,3-4,7-8,10,12,17H2,(H,20,22). The maximum atomic E-state index is 12.6. The predicted molar refractivity (Wildman–Crippen MR) is 85.7 cm³/mol. The van der Waals surface area contributed by atoms with Crippen molar-refractivity contribution in [3.05, 3.63) is 42.5 Å². The number of pyridine rings is 1. The van der Waals surface area contributed by atoms with Crippen LogP contribution in [0, 0.1) is 5.41 Å². The van der Waals surface area contributed by atoms with E-state index in [1.165, 1.54) is 0 Å². The monoisotopic (exact) mass is 315 g/mol. The Kier molecular flexibility index (Phi) is 4.68. The van der Waals surface area contributed by atoms with Crippen molar-refractivity contribution in [2.45, 2.75) is 19.4 Å². The van der Waals surface area contributed by atoms with E-state index in [9.17, 15) is 4.79 Å². The maximum absolute atomic E-state index is 12.6. The molecule has 2 aromatic rings. The van der Waals surface area contributed by atoms with Gasteiger partial charge >= 0.3 is 0 Å². The molecule has 3 N–H and O–H groups in total. The Balaban J connectivity index is 1.65. The Bertz CT molecular complexity index is 650. The molecule has 1 amide bonds. The zero-order valence-corrected chi connectivity index (χ0v) is 12.9. The Morgan fingerprint density at radius 1 is 1.35 bits per heavy atom. The highest BCUT2D eigenvalue weighted by Gasteiger charge is 2.38. The van der Waals surface area contributed by atoms with Crippen LogP contribution in [0.25, 0.3) is 0 Å². The van der Waals surface area contributed by atoms with Gasteiger partial charge in [0.15, 0.2) is 0 Å². The first-order valence-electron chi connectivity index (χ1n) is 7.72. The van der Waals surface area contributed by atoms with Crippen LogP contribution in [0.5, 0.6) is 0 Å². The number of rotatable bonds is 5. The predicted octanol–water partition coefficient (Wildman–Crippen LogP) is 1.02. The molecule has 7 heteroatoms. The Morgan fingerprint density at radius 3 is 2.78 bits per heavy atom. The topological polar surface area (TPSA) is 95.1 Å². The molecule has 2 aromatic heterocycles. The minimum Gasteiger partial charge on any atom is -0.381 e. The van der Waals surface area contributed by atoms with E-state index in [2.05, 4.69) is 15.4 Å². The number of hydrogen-bond donors (Lipinski definition) is 2. The molecule has 1 fully saturated rings. The third kappa shape index (κ3) is 3.57. The smallest absolute Gasteiger partial charge is 0.232 e. The first-order valence-corrected chi connectivity index (χ1v) is 7.72. The van der Waals surface area contributed by atoms with Crippen molar-refractivity contribution in [2.24, 2.45) is 11.1 Å². The average molecular weight is 315 g/mol. The van der Waals surface area contributed by atoms with Gasteiger partial charge in [0, 0.05) is 38.3 Å². The van der Waals surface area contributed by atoms with Gasteiger partial charge in [-0.3, -0.25) is 14.5 Å². The van der Waals surface area contributed by atoms with Crippen LogP contribution in [-0.2, 0) is 16.1 Å². The van der Waals surface area contributed by atoms with Gasteiger partial charge in [0.1, 0.15) is 0 Å². The largest absolute Gasteiger partial charge is 0.381 e. The molecule has 0 unspecified atom stereocenters. The summed E-state index contributed by atoms with van der Waals surface area (Å²) in [6.07, 6.45) is 8.28. The minimum absolute atomic E-state index is 0.0493. The van der Waals surface area contributed by atoms with Gasteiger partial charge in [-0.15, -0.1) is 0 Å². The molecule has 0 aromatic carbocycles. The Labute approximate surface area is 134 Å². The Morgan fingerprint density at radius 2 is 2.09 bits per heavy atom. The lowest BCUT2D eigenvalue weighted by molar-refractivity contribution is -0.130. The summed E-state index contributed by atoms with van der Waals surface area (Å²) in [4.78, 5) is 16.6. The number of amides is 1. The van der Waals surface area contributed by atoms with Crippen molar-refractivity contribution in [1.82, 2.24) is 14.8 Å². The molecule has 1 aliphatic rings. The van der Waals surface area contributed by atoms with Gasteiger partial charge in [-0.25, -0.2) is 0 Å². The number of hydrogen-bond acceptors (Lipinski definition) is 5. The van der Waals surface area contributed by atoms with Crippen LogP contribution in [0.2, 0.25) is 0 Å². The molecular formula is C16H21N5O2. The molecule has 3 rings (SSSR count). The van der Waals surface area contributed by atoms with E-state index in [-0.39, 0.29) is 5.91 Å². The van der Waals surface area contributed by atoms with E-state index in [0.717, 1.165) is 5.56 Å². The highest BCUT2D eigenvalue weighted by atomic mass is 16.5. The van der Waals surface area contributed by atoms with Gasteiger partial charge in [0.2, 0.25) is 5.91 Å². The molecule has 0 aliphatic carbocycles. The zero-order chi connectivity index (χ0) is 16.1. The van der Waals surface area contributed by atoms with Crippen molar-refractivity contribution in [3.63, 3.8) is 0 Å². The lowest BCUT2D eigenvalue weighted by Crippen LogP contribution is -2.46. The molecule has 1 aliphatic heterocycles. The first-order chi connectivity index (χ1) is 11.2. The molecule has 122 valence electrons. The molecule has 1 saturated heterocycles. The van der Waals surface area contributed by atoms with Crippen LogP contribution >= 0.6 is 0 Å². The molecule has 0 saturated carbocycles. The van der Waals surface area contributed by atoms with Crippen molar-refractivity contribution >= 4 is 11.6 Å². The van der Waals surface area contributed by atoms with Crippen molar-refractivity contribution in [2.75, 3.05) is 25.1 Å². The molecule has 0 atom stereocenters. The van der Waals surface area contributed by atoms with Crippen LogP contribution in [0.1, 0.15) is 18.4 Å². The lowest BCUT2D eigenvalue weighted by atomic mass is 9.79. The van der Waals surface area contributed by atoms with Crippen molar-refractivity contribution in [1.29, 1.82) is 0 Å². The number of aromatic nitrogens is 3. The van der Waals surface area contributed by atoms with Crippen LogP contribution in [0.15, 0.2) is 36.9 Å². The van der Waals surface area contributed by atoms with E-state index >= 15 is 0 Å². The van der Waals surface area contributed by atoms with Crippen LogP contribution < -0.4 is 11.1 Å². The quantitative estimate of drug-likeness (QED) is 0.859. The van der Waals surface area contributed by atoms with E-state index in [1.807, 2.05) is 18.3 Å². The second kappa shape index (κ2) is 6.89. The van der Waals surface area contributed by atoms with E-state index < -0.39 is 5.41 Å². The normalized spacial score (nSPS) is 16.9. The SMILES string of the molecule is NCC1(C(=O)Nc2cnn(Cc3ccncc3)c2)CCOCC1. The van der Waals surface area contributed by atoms with Gasteiger partial charge < -0.3 is 15.8 Å². The lowest BCUT2D eigenvalue weighted by Gasteiger charge is -2.34. The van der Waals surface area contributed by atoms with Crippen LogP contribution in [0.3, 0.4) is 0 Å². The second-order valence-corrected chi connectivity index (χ2v) is 5.83. The van der Waals surface area contributed by atoms with E-state index in [4.69, 9.17) is 10.5 Å². The number of ether oxygens (including phenoxy) is 1. The average Bonchev–Trinajstić information content (AvgIpc) is 3.03. The number of nitrogens with one attached hydrogen (secondary N) is 1. The van der Waals surface area contributed by atoms with Gasteiger partial charge in [0.25, 0.3) is 0 Å². The number of carbonyl (C=O) groups is 1. The van der Waals surface area contributed by atoms with Crippen LogP contribution in [0.4, 0.5) is 5.69 Å². The molecule has 7 nitrogen and oxygen atoms in total. The van der Waals surface area contributed by atoms with Crippen molar-refractivity contribution < 1.29 is 9.53 Å². The third-order valence-corrected chi connectivity index (χ3v) is 4.31. The fourth-order valence-corrected chi connectivity index (χ4v) is 2.74. The summed E-state index contributed by atoms with van der Waals surface area (Å²) in [5.41, 5.74) is 7.11. The van der Waals surface area contributed by atoms with Crippen LogP contribution in [-0.4, -0.2) is 40.4 Å². The molecule has 0 bridgehead atoms. The van der Waals surface area contributed by atoms with Gasteiger partial charge in [-0.2, -0.15) is 5.10 Å². The zero-order valence-electron chi connectivity index (χ0n) is 12.9.